The van der Waals surface area contributed by atoms with Gasteiger partial charge >= 0.3 is 0 Å². The summed E-state index contributed by atoms with van der Waals surface area (Å²) >= 11 is 12.7. The number of rotatable bonds is 1. The third-order valence-corrected chi connectivity index (χ3v) is 4.10. The van der Waals surface area contributed by atoms with Gasteiger partial charge in [0.1, 0.15) is 0 Å². The van der Waals surface area contributed by atoms with E-state index in [-0.39, 0.29) is 16.7 Å². The lowest BCUT2D eigenvalue weighted by atomic mass is 9.86. The Hall–Kier alpha value is -0.730. The first-order chi connectivity index (χ1) is 7.79. The van der Waals surface area contributed by atoms with Gasteiger partial charge in [0.15, 0.2) is 0 Å². The van der Waals surface area contributed by atoms with Crippen LogP contribution < -0.4 is 5.32 Å². The number of alkyl halides is 1. The van der Waals surface area contributed by atoms with E-state index in [2.05, 4.69) is 26.1 Å². The number of amides is 1. The van der Waals surface area contributed by atoms with Crippen LogP contribution in [0.3, 0.4) is 0 Å². The molecule has 0 spiro atoms. The number of hydrogen-bond donors (Lipinski definition) is 1. The van der Waals surface area contributed by atoms with E-state index in [1.54, 1.807) is 6.07 Å². The van der Waals surface area contributed by atoms with Gasteiger partial charge in [-0.05, 0) is 22.6 Å². The Morgan fingerprint density at radius 1 is 1.35 bits per heavy atom. The summed E-state index contributed by atoms with van der Waals surface area (Å²) in [6.45, 7) is 6.20. The molecular formula is C13H15Cl2NO. The van der Waals surface area contributed by atoms with E-state index < -0.39 is 0 Å². The standard InChI is InChI=1S/C13H15Cl2NO/c1-13(2,3)12(15)8-4-7-5-11(17)16-10(7)6-9(8)14/h4,6,12H,5H2,1-3H3,(H,16,17). The minimum Gasteiger partial charge on any atom is -0.325 e. The Labute approximate surface area is 111 Å². The molecule has 0 radical (unpaired) electrons. The Kier molecular flexibility index (Phi) is 3.13. The third-order valence-electron chi connectivity index (χ3n) is 2.88. The van der Waals surface area contributed by atoms with Crippen LogP contribution >= 0.6 is 23.2 Å². The number of carbonyl (C=O) groups excluding carboxylic acids is 1. The van der Waals surface area contributed by atoms with Crippen molar-refractivity contribution >= 4 is 34.8 Å². The molecule has 17 heavy (non-hydrogen) atoms. The van der Waals surface area contributed by atoms with Crippen LogP contribution in [0.15, 0.2) is 12.1 Å². The van der Waals surface area contributed by atoms with Crippen molar-refractivity contribution in [1.29, 1.82) is 0 Å². The van der Waals surface area contributed by atoms with E-state index in [0.29, 0.717) is 11.4 Å². The molecule has 1 atom stereocenters. The summed E-state index contributed by atoms with van der Waals surface area (Å²) in [6, 6.07) is 3.73. The number of anilines is 1. The van der Waals surface area contributed by atoms with Crippen LogP contribution in [0.5, 0.6) is 0 Å². The lowest BCUT2D eigenvalue weighted by Crippen LogP contribution is -2.13. The molecule has 1 aliphatic rings. The van der Waals surface area contributed by atoms with Gasteiger partial charge in [-0.1, -0.05) is 38.4 Å². The molecule has 0 aliphatic carbocycles. The molecule has 1 heterocycles. The molecule has 0 bridgehead atoms. The Morgan fingerprint density at radius 3 is 2.59 bits per heavy atom. The first-order valence-electron chi connectivity index (χ1n) is 5.55. The summed E-state index contributed by atoms with van der Waals surface area (Å²) in [5.74, 6) is 0.00935. The number of fused-ring (bicyclic) bond motifs is 1. The fourth-order valence-electron chi connectivity index (χ4n) is 1.93. The topological polar surface area (TPSA) is 29.1 Å². The Balaban J connectivity index is 2.44. The van der Waals surface area contributed by atoms with Crippen molar-refractivity contribution in [3.05, 3.63) is 28.3 Å². The van der Waals surface area contributed by atoms with Crippen LogP contribution in [-0.4, -0.2) is 5.91 Å². The molecule has 0 saturated heterocycles. The minimum atomic E-state index is -0.170. The van der Waals surface area contributed by atoms with Crippen molar-refractivity contribution in [2.45, 2.75) is 32.6 Å². The number of halogens is 2. The highest BCUT2D eigenvalue weighted by Gasteiger charge is 2.28. The molecule has 1 aliphatic heterocycles. The highest BCUT2D eigenvalue weighted by atomic mass is 35.5. The van der Waals surface area contributed by atoms with Crippen LogP contribution in [0.4, 0.5) is 5.69 Å². The average molecular weight is 272 g/mol. The Morgan fingerprint density at radius 2 is 2.00 bits per heavy atom. The highest BCUT2D eigenvalue weighted by Crippen LogP contribution is 2.43. The average Bonchev–Trinajstić information content (AvgIpc) is 2.53. The van der Waals surface area contributed by atoms with E-state index in [9.17, 15) is 4.79 Å². The summed E-state index contributed by atoms with van der Waals surface area (Å²) in [5, 5.41) is 3.22. The van der Waals surface area contributed by atoms with Crippen molar-refractivity contribution in [1.82, 2.24) is 0 Å². The summed E-state index contributed by atoms with van der Waals surface area (Å²) in [7, 11) is 0. The van der Waals surface area contributed by atoms with Crippen LogP contribution in [0.1, 0.15) is 37.3 Å². The van der Waals surface area contributed by atoms with E-state index >= 15 is 0 Å². The molecule has 2 nitrogen and oxygen atoms in total. The molecule has 0 aromatic heterocycles. The highest BCUT2D eigenvalue weighted by molar-refractivity contribution is 6.33. The molecule has 2 rings (SSSR count). The van der Waals surface area contributed by atoms with Crippen LogP contribution in [-0.2, 0) is 11.2 Å². The van der Waals surface area contributed by atoms with Gasteiger partial charge in [-0.2, -0.15) is 0 Å². The molecule has 0 saturated carbocycles. The minimum absolute atomic E-state index is 0.00935. The van der Waals surface area contributed by atoms with Crippen molar-refractivity contribution in [3.8, 4) is 0 Å². The zero-order chi connectivity index (χ0) is 12.8. The first kappa shape index (κ1) is 12.7. The molecule has 1 aromatic carbocycles. The van der Waals surface area contributed by atoms with E-state index in [4.69, 9.17) is 23.2 Å². The van der Waals surface area contributed by atoms with Gasteiger partial charge in [0.2, 0.25) is 5.91 Å². The fourth-order valence-corrected chi connectivity index (χ4v) is 2.44. The fraction of sp³-hybridized carbons (Fsp3) is 0.462. The van der Waals surface area contributed by atoms with Gasteiger partial charge in [-0.15, -0.1) is 11.6 Å². The molecule has 1 N–H and O–H groups in total. The normalized spacial score (nSPS) is 16.6. The Bertz CT molecular complexity index is 477. The zero-order valence-electron chi connectivity index (χ0n) is 10.1. The summed E-state index contributed by atoms with van der Waals surface area (Å²) < 4.78 is 0. The summed E-state index contributed by atoms with van der Waals surface area (Å²) in [4.78, 5) is 11.3. The number of nitrogens with one attached hydrogen (secondary N) is 1. The quantitative estimate of drug-likeness (QED) is 0.764. The van der Waals surface area contributed by atoms with Crippen LogP contribution in [0, 0.1) is 5.41 Å². The van der Waals surface area contributed by atoms with Crippen molar-refractivity contribution < 1.29 is 4.79 Å². The van der Waals surface area contributed by atoms with Crippen molar-refractivity contribution in [2.75, 3.05) is 5.32 Å². The monoisotopic (exact) mass is 271 g/mol. The smallest absolute Gasteiger partial charge is 0.228 e. The largest absolute Gasteiger partial charge is 0.325 e. The number of hydrogen-bond acceptors (Lipinski definition) is 1. The molecular weight excluding hydrogens is 257 g/mol. The van der Waals surface area contributed by atoms with E-state index in [0.717, 1.165) is 16.8 Å². The molecule has 1 amide bonds. The van der Waals surface area contributed by atoms with E-state index in [1.165, 1.54) is 0 Å². The van der Waals surface area contributed by atoms with Crippen LogP contribution in [0.2, 0.25) is 5.02 Å². The van der Waals surface area contributed by atoms with Crippen molar-refractivity contribution in [3.63, 3.8) is 0 Å². The van der Waals surface area contributed by atoms with Gasteiger partial charge in [-0.25, -0.2) is 0 Å². The number of benzene rings is 1. The molecule has 1 unspecified atom stereocenters. The second-order valence-electron chi connectivity index (χ2n) is 5.48. The maximum atomic E-state index is 11.3. The third kappa shape index (κ3) is 2.43. The predicted molar refractivity (Wildman–Crippen MR) is 71.8 cm³/mol. The summed E-state index contributed by atoms with van der Waals surface area (Å²) in [5.41, 5.74) is 2.61. The second-order valence-corrected chi connectivity index (χ2v) is 6.33. The zero-order valence-corrected chi connectivity index (χ0v) is 11.6. The first-order valence-corrected chi connectivity index (χ1v) is 6.36. The maximum Gasteiger partial charge on any atom is 0.228 e. The van der Waals surface area contributed by atoms with Crippen molar-refractivity contribution in [2.24, 2.45) is 5.41 Å². The van der Waals surface area contributed by atoms with Gasteiger partial charge < -0.3 is 5.32 Å². The molecule has 0 fully saturated rings. The van der Waals surface area contributed by atoms with E-state index in [1.807, 2.05) is 6.07 Å². The maximum absolute atomic E-state index is 11.3. The molecule has 1 aromatic rings. The molecule has 92 valence electrons. The second kappa shape index (κ2) is 4.18. The van der Waals surface area contributed by atoms with Crippen LogP contribution in [0.25, 0.3) is 0 Å². The lowest BCUT2D eigenvalue weighted by molar-refractivity contribution is -0.115. The molecule has 4 heteroatoms. The number of carbonyl (C=O) groups is 1. The van der Waals surface area contributed by atoms with Gasteiger partial charge in [-0.3, -0.25) is 4.79 Å². The van der Waals surface area contributed by atoms with Gasteiger partial charge in [0, 0.05) is 10.7 Å². The predicted octanol–water partition coefficient (Wildman–Crippen LogP) is 4.16. The lowest BCUT2D eigenvalue weighted by Gasteiger charge is -2.26. The van der Waals surface area contributed by atoms with Gasteiger partial charge in [0.25, 0.3) is 0 Å². The van der Waals surface area contributed by atoms with Gasteiger partial charge in [0.05, 0.1) is 11.8 Å². The SMILES string of the molecule is CC(C)(C)C(Cl)c1cc2c(cc1Cl)NC(=O)C2. The summed E-state index contributed by atoms with van der Waals surface area (Å²) in [6.07, 6.45) is 0.410.